The molecule has 0 aromatic carbocycles. The van der Waals surface area contributed by atoms with Gasteiger partial charge in [-0.15, -0.1) is 11.3 Å². The van der Waals surface area contributed by atoms with Gasteiger partial charge in [0.25, 0.3) is 0 Å². The lowest BCUT2D eigenvalue weighted by Crippen LogP contribution is -2.35. The number of thiophene rings is 1. The highest BCUT2D eigenvalue weighted by molar-refractivity contribution is 7.10. The maximum absolute atomic E-state index is 11.2. The van der Waals surface area contributed by atoms with Gasteiger partial charge in [-0.1, -0.05) is 6.92 Å². The third-order valence-electron chi connectivity index (χ3n) is 3.72. The van der Waals surface area contributed by atoms with Crippen LogP contribution in [0.5, 0.6) is 0 Å². The van der Waals surface area contributed by atoms with Crippen LogP contribution in [-0.4, -0.2) is 16.5 Å². The molecule has 1 atom stereocenters. The Morgan fingerprint density at radius 1 is 1.55 bits per heavy atom. The first kappa shape index (κ1) is 13.1. The van der Waals surface area contributed by atoms with Gasteiger partial charge in [0.1, 0.15) is 0 Å². The second-order valence-electron chi connectivity index (χ2n) is 4.77. The highest BCUT2D eigenvalue weighted by Gasteiger charge is 2.31. The summed E-state index contributed by atoms with van der Waals surface area (Å²) in [6.45, 7) is 2.89. The predicted octanol–water partition coefficient (Wildman–Crippen LogP) is 3.57. The Hall–Kier alpha value is -1.95. The second kappa shape index (κ2) is 5.20. The molecule has 0 saturated heterocycles. The van der Waals surface area contributed by atoms with E-state index in [0.29, 0.717) is 5.82 Å². The first-order valence-electron chi connectivity index (χ1n) is 6.64. The number of rotatable bonds is 3. The van der Waals surface area contributed by atoms with Crippen molar-refractivity contribution in [3.63, 3.8) is 0 Å². The van der Waals surface area contributed by atoms with Crippen LogP contribution in [0.2, 0.25) is 0 Å². The number of aromatic nitrogens is 1. The van der Waals surface area contributed by atoms with Crippen molar-refractivity contribution in [1.29, 1.82) is 0 Å². The standard InChI is InChI=1S/C14H15N3O2S/c1-2-11-10-6-9-20-13(10)5-8-16(11)14-12(17(18)19)4-3-7-15-14/h3-4,6-7,9,11H,2,5,8H2,1H3/t11-/m1/s1. The van der Waals surface area contributed by atoms with Crippen molar-refractivity contribution >= 4 is 22.8 Å². The first-order valence-corrected chi connectivity index (χ1v) is 7.52. The molecule has 2 aromatic rings. The van der Waals surface area contributed by atoms with Crippen LogP contribution in [0.15, 0.2) is 29.8 Å². The third-order valence-corrected chi connectivity index (χ3v) is 4.71. The molecule has 2 aromatic heterocycles. The van der Waals surface area contributed by atoms with E-state index in [2.05, 4.69) is 28.3 Å². The Kier molecular flexibility index (Phi) is 3.40. The van der Waals surface area contributed by atoms with E-state index >= 15 is 0 Å². The maximum atomic E-state index is 11.2. The molecule has 5 nitrogen and oxygen atoms in total. The zero-order valence-corrected chi connectivity index (χ0v) is 12.0. The Morgan fingerprint density at radius 2 is 2.40 bits per heavy atom. The van der Waals surface area contributed by atoms with E-state index < -0.39 is 0 Å². The van der Waals surface area contributed by atoms with Gasteiger partial charge in [-0.2, -0.15) is 0 Å². The van der Waals surface area contributed by atoms with Gasteiger partial charge >= 0.3 is 5.69 Å². The van der Waals surface area contributed by atoms with E-state index in [-0.39, 0.29) is 16.7 Å². The van der Waals surface area contributed by atoms with E-state index in [0.717, 1.165) is 19.4 Å². The van der Waals surface area contributed by atoms with E-state index in [4.69, 9.17) is 0 Å². The van der Waals surface area contributed by atoms with Crippen LogP contribution in [-0.2, 0) is 6.42 Å². The summed E-state index contributed by atoms with van der Waals surface area (Å²) in [7, 11) is 0. The molecule has 104 valence electrons. The summed E-state index contributed by atoms with van der Waals surface area (Å²) in [4.78, 5) is 18.6. The van der Waals surface area contributed by atoms with E-state index in [9.17, 15) is 10.1 Å². The summed E-state index contributed by atoms with van der Waals surface area (Å²) >= 11 is 1.77. The minimum atomic E-state index is -0.349. The van der Waals surface area contributed by atoms with Crippen molar-refractivity contribution in [2.24, 2.45) is 0 Å². The van der Waals surface area contributed by atoms with Crippen LogP contribution in [0, 0.1) is 10.1 Å². The van der Waals surface area contributed by atoms with Crippen molar-refractivity contribution < 1.29 is 4.92 Å². The van der Waals surface area contributed by atoms with Crippen LogP contribution in [0.4, 0.5) is 11.5 Å². The smallest absolute Gasteiger partial charge is 0.311 e. The molecule has 3 heterocycles. The van der Waals surface area contributed by atoms with E-state index in [1.807, 2.05) is 0 Å². The van der Waals surface area contributed by atoms with Gasteiger partial charge in [0.05, 0.1) is 11.0 Å². The second-order valence-corrected chi connectivity index (χ2v) is 5.77. The lowest BCUT2D eigenvalue weighted by Gasteiger charge is -2.35. The van der Waals surface area contributed by atoms with Gasteiger partial charge in [0.2, 0.25) is 5.82 Å². The van der Waals surface area contributed by atoms with Crippen LogP contribution in [0.25, 0.3) is 0 Å². The monoisotopic (exact) mass is 289 g/mol. The summed E-state index contributed by atoms with van der Waals surface area (Å²) < 4.78 is 0. The molecule has 0 N–H and O–H groups in total. The van der Waals surface area contributed by atoms with Gasteiger partial charge in [-0.25, -0.2) is 4.98 Å². The molecule has 1 aliphatic heterocycles. The van der Waals surface area contributed by atoms with Crippen LogP contribution >= 0.6 is 11.3 Å². The Balaban J connectivity index is 2.05. The molecule has 0 unspecified atom stereocenters. The number of pyridine rings is 1. The van der Waals surface area contributed by atoms with Gasteiger partial charge in [0.15, 0.2) is 0 Å². The molecule has 0 fully saturated rings. The molecule has 3 rings (SSSR count). The molecule has 1 aliphatic rings. The number of anilines is 1. The lowest BCUT2D eigenvalue weighted by atomic mass is 9.97. The minimum absolute atomic E-state index is 0.0876. The minimum Gasteiger partial charge on any atom is -0.343 e. The molecule has 0 amide bonds. The molecular formula is C14H15N3O2S. The van der Waals surface area contributed by atoms with Crippen LogP contribution in [0.3, 0.4) is 0 Å². The quantitative estimate of drug-likeness (QED) is 0.640. The molecule has 0 saturated carbocycles. The summed E-state index contributed by atoms with van der Waals surface area (Å²) in [5.74, 6) is 0.487. The largest absolute Gasteiger partial charge is 0.343 e. The Labute approximate surface area is 121 Å². The first-order chi connectivity index (χ1) is 9.72. The fourth-order valence-electron chi connectivity index (χ4n) is 2.84. The summed E-state index contributed by atoms with van der Waals surface area (Å²) in [5.41, 5.74) is 1.38. The van der Waals surface area contributed by atoms with Gasteiger partial charge in [-0.3, -0.25) is 10.1 Å². The third kappa shape index (κ3) is 2.06. The number of nitro groups is 1. The zero-order valence-electron chi connectivity index (χ0n) is 11.2. The number of nitrogens with zero attached hydrogens (tertiary/aromatic N) is 3. The highest BCUT2D eigenvalue weighted by Crippen LogP contribution is 2.39. The van der Waals surface area contributed by atoms with Crippen molar-refractivity contribution in [3.05, 3.63) is 50.3 Å². The van der Waals surface area contributed by atoms with Crippen LogP contribution < -0.4 is 4.90 Å². The van der Waals surface area contributed by atoms with Crippen molar-refractivity contribution in [3.8, 4) is 0 Å². The van der Waals surface area contributed by atoms with E-state index in [1.54, 1.807) is 23.6 Å². The SMILES string of the molecule is CC[C@@H]1c2ccsc2CCN1c1ncccc1[N+](=O)[O-]. The lowest BCUT2D eigenvalue weighted by molar-refractivity contribution is -0.384. The highest BCUT2D eigenvalue weighted by atomic mass is 32.1. The number of fused-ring (bicyclic) bond motifs is 1. The van der Waals surface area contributed by atoms with Crippen molar-refractivity contribution in [2.75, 3.05) is 11.4 Å². The molecule has 0 radical (unpaired) electrons. The molecule has 0 aliphatic carbocycles. The summed E-state index contributed by atoms with van der Waals surface area (Å²) in [6.07, 6.45) is 3.47. The molecule has 0 bridgehead atoms. The maximum Gasteiger partial charge on any atom is 0.311 e. The summed E-state index contributed by atoms with van der Waals surface area (Å²) in [5, 5.41) is 13.3. The van der Waals surface area contributed by atoms with E-state index in [1.165, 1.54) is 16.5 Å². The molecular weight excluding hydrogens is 274 g/mol. The fourth-order valence-corrected chi connectivity index (χ4v) is 3.77. The fraction of sp³-hybridized carbons (Fsp3) is 0.357. The number of hydrogen-bond acceptors (Lipinski definition) is 5. The topological polar surface area (TPSA) is 59.3 Å². The number of hydrogen-bond donors (Lipinski definition) is 0. The average Bonchev–Trinajstić information content (AvgIpc) is 2.94. The Morgan fingerprint density at radius 3 is 3.15 bits per heavy atom. The van der Waals surface area contributed by atoms with Crippen molar-refractivity contribution in [1.82, 2.24) is 4.98 Å². The van der Waals surface area contributed by atoms with Crippen LogP contribution in [0.1, 0.15) is 29.8 Å². The van der Waals surface area contributed by atoms with Gasteiger partial charge in [0, 0.05) is 23.7 Å². The zero-order chi connectivity index (χ0) is 14.1. The summed E-state index contributed by atoms with van der Waals surface area (Å²) in [6, 6.07) is 5.45. The molecule has 0 spiro atoms. The van der Waals surface area contributed by atoms with Gasteiger partial charge in [-0.05, 0) is 35.9 Å². The Bertz CT molecular complexity index is 641. The van der Waals surface area contributed by atoms with Crippen molar-refractivity contribution in [2.45, 2.75) is 25.8 Å². The predicted molar refractivity (Wildman–Crippen MR) is 79.3 cm³/mol. The normalized spacial score (nSPS) is 17.9. The van der Waals surface area contributed by atoms with Gasteiger partial charge < -0.3 is 4.90 Å². The molecule has 6 heteroatoms. The molecule has 20 heavy (non-hydrogen) atoms. The average molecular weight is 289 g/mol.